The molecule has 1 aliphatic heterocycles. The number of aromatic hydroxyl groups is 1. The predicted molar refractivity (Wildman–Crippen MR) is 94.8 cm³/mol. The fourth-order valence-electron chi connectivity index (χ4n) is 3.13. The van der Waals surface area contributed by atoms with Crippen LogP contribution in [0.3, 0.4) is 0 Å². The number of hydrogen-bond acceptors (Lipinski definition) is 5. The summed E-state index contributed by atoms with van der Waals surface area (Å²) in [5.74, 6) is -0.179. The summed E-state index contributed by atoms with van der Waals surface area (Å²) >= 11 is 0. The van der Waals surface area contributed by atoms with Crippen LogP contribution in [-0.4, -0.2) is 46.5 Å². The van der Waals surface area contributed by atoms with Crippen LogP contribution in [0.4, 0.5) is 0 Å². The van der Waals surface area contributed by atoms with Gasteiger partial charge in [0, 0.05) is 24.8 Å². The standard InChI is InChI=1S/C19H21N3O4/c1-26-18-13(6-4-10-20-18)12-21-17(24)15-8-5-11-22(15)19(25)14-7-2-3-9-16(14)23/h2-4,6-7,9-10,15,23H,5,8,11-12H2,1H3,(H,21,24)/t15-/m0/s1. The normalized spacial score (nSPS) is 16.3. The number of benzene rings is 1. The molecule has 0 aliphatic carbocycles. The van der Waals surface area contributed by atoms with E-state index in [4.69, 9.17) is 4.74 Å². The van der Waals surface area contributed by atoms with Crippen molar-refractivity contribution in [3.05, 3.63) is 53.7 Å². The number of nitrogens with one attached hydrogen (secondary N) is 1. The molecular weight excluding hydrogens is 334 g/mol. The number of pyridine rings is 1. The second-order valence-corrected chi connectivity index (χ2v) is 6.06. The molecule has 0 saturated carbocycles. The minimum absolute atomic E-state index is 0.0799. The fourth-order valence-corrected chi connectivity index (χ4v) is 3.13. The van der Waals surface area contributed by atoms with Gasteiger partial charge in [-0.2, -0.15) is 0 Å². The van der Waals surface area contributed by atoms with E-state index in [9.17, 15) is 14.7 Å². The molecule has 0 unspecified atom stereocenters. The molecule has 0 bridgehead atoms. The first kappa shape index (κ1) is 17.7. The quantitative estimate of drug-likeness (QED) is 0.852. The summed E-state index contributed by atoms with van der Waals surface area (Å²) < 4.78 is 5.18. The zero-order valence-electron chi connectivity index (χ0n) is 14.5. The predicted octanol–water partition coefficient (Wildman–Crippen LogP) is 1.72. The van der Waals surface area contributed by atoms with E-state index in [1.54, 1.807) is 30.5 Å². The lowest BCUT2D eigenvalue weighted by Crippen LogP contribution is -2.45. The number of likely N-dealkylation sites (tertiary alicyclic amines) is 1. The van der Waals surface area contributed by atoms with E-state index in [1.807, 2.05) is 6.07 Å². The molecule has 2 heterocycles. The maximum absolute atomic E-state index is 12.7. The molecule has 0 radical (unpaired) electrons. The number of carbonyl (C=O) groups excluding carboxylic acids is 2. The Balaban J connectivity index is 1.69. The van der Waals surface area contributed by atoms with Crippen LogP contribution in [0.2, 0.25) is 0 Å². The van der Waals surface area contributed by atoms with Gasteiger partial charge in [0.1, 0.15) is 11.8 Å². The van der Waals surface area contributed by atoms with Gasteiger partial charge in [-0.05, 0) is 31.0 Å². The summed E-state index contributed by atoms with van der Waals surface area (Å²) in [4.78, 5) is 31.0. The van der Waals surface area contributed by atoms with E-state index in [0.717, 1.165) is 12.0 Å². The Labute approximate surface area is 151 Å². The molecule has 1 aliphatic rings. The number of methoxy groups -OCH3 is 1. The maximum atomic E-state index is 12.7. The van der Waals surface area contributed by atoms with Crippen molar-refractivity contribution in [3.63, 3.8) is 0 Å². The molecular formula is C19H21N3O4. The summed E-state index contributed by atoms with van der Waals surface area (Å²) in [7, 11) is 1.53. The van der Waals surface area contributed by atoms with Gasteiger partial charge in [-0.3, -0.25) is 9.59 Å². The first-order valence-electron chi connectivity index (χ1n) is 8.46. The summed E-state index contributed by atoms with van der Waals surface area (Å²) in [6.07, 6.45) is 2.96. The third-order valence-electron chi connectivity index (χ3n) is 4.45. The van der Waals surface area contributed by atoms with Gasteiger partial charge in [-0.25, -0.2) is 4.98 Å². The van der Waals surface area contributed by atoms with Crippen molar-refractivity contribution < 1.29 is 19.4 Å². The Kier molecular flexibility index (Phi) is 5.36. The van der Waals surface area contributed by atoms with E-state index in [1.165, 1.54) is 18.1 Å². The third kappa shape index (κ3) is 3.61. The number of para-hydroxylation sites is 1. The summed E-state index contributed by atoms with van der Waals surface area (Å²) in [6.45, 7) is 0.756. The zero-order chi connectivity index (χ0) is 18.5. The van der Waals surface area contributed by atoms with E-state index < -0.39 is 6.04 Å². The molecule has 7 heteroatoms. The van der Waals surface area contributed by atoms with Crippen molar-refractivity contribution in [2.75, 3.05) is 13.7 Å². The fraction of sp³-hybridized carbons (Fsp3) is 0.316. The number of amides is 2. The summed E-state index contributed by atoms with van der Waals surface area (Å²) in [6, 6.07) is 9.41. The highest BCUT2D eigenvalue weighted by atomic mass is 16.5. The van der Waals surface area contributed by atoms with E-state index in [0.29, 0.717) is 18.8 Å². The third-order valence-corrected chi connectivity index (χ3v) is 4.45. The number of aromatic nitrogens is 1. The molecule has 0 spiro atoms. The number of carbonyl (C=O) groups is 2. The molecule has 1 fully saturated rings. The minimum atomic E-state index is -0.551. The number of phenols is 1. The van der Waals surface area contributed by atoms with E-state index >= 15 is 0 Å². The molecule has 1 aromatic carbocycles. The Morgan fingerprint density at radius 2 is 2.12 bits per heavy atom. The lowest BCUT2D eigenvalue weighted by Gasteiger charge is -2.24. The van der Waals surface area contributed by atoms with Crippen LogP contribution in [0.1, 0.15) is 28.8 Å². The minimum Gasteiger partial charge on any atom is -0.507 e. The topological polar surface area (TPSA) is 91.8 Å². The van der Waals surface area contributed by atoms with Crippen molar-refractivity contribution in [1.29, 1.82) is 0 Å². The molecule has 1 saturated heterocycles. The number of ether oxygens (including phenoxy) is 1. The molecule has 3 rings (SSSR count). The lowest BCUT2D eigenvalue weighted by atomic mass is 10.1. The van der Waals surface area contributed by atoms with Gasteiger partial charge in [-0.1, -0.05) is 18.2 Å². The molecule has 2 aromatic rings. The first-order chi connectivity index (χ1) is 12.6. The molecule has 1 aromatic heterocycles. The van der Waals surface area contributed by atoms with E-state index in [-0.39, 0.29) is 29.7 Å². The Morgan fingerprint density at radius 3 is 2.88 bits per heavy atom. The van der Waals surface area contributed by atoms with Gasteiger partial charge in [0.2, 0.25) is 11.8 Å². The van der Waals surface area contributed by atoms with Crippen LogP contribution in [0.15, 0.2) is 42.6 Å². The lowest BCUT2D eigenvalue weighted by molar-refractivity contribution is -0.125. The SMILES string of the molecule is COc1ncccc1CNC(=O)[C@@H]1CCCN1C(=O)c1ccccc1O. The van der Waals surface area contributed by atoms with Crippen LogP contribution in [-0.2, 0) is 11.3 Å². The summed E-state index contributed by atoms with van der Waals surface area (Å²) in [5.41, 5.74) is 0.973. The number of phenolic OH excluding ortho intramolecular Hbond substituents is 1. The van der Waals surface area contributed by atoms with Crippen LogP contribution >= 0.6 is 0 Å². The van der Waals surface area contributed by atoms with Gasteiger partial charge >= 0.3 is 0 Å². The monoisotopic (exact) mass is 355 g/mol. The van der Waals surface area contributed by atoms with Crippen LogP contribution in [0.5, 0.6) is 11.6 Å². The average Bonchev–Trinajstić information content (AvgIpc) is 3.16. The maximum Gasteiger partial charge on any atom is 0.258 e. The van der Waals surface area contributed by atoms with Gasteiger partial charge < -0.3 is 20.1 Å². The number of rotatable bonds is 5. The van der Waals surface area contributed by atoms with Gasteiger partial charge in [0.05, 0.1) is 12.7 Å². The molecule has 7 nitrogen and oxygen atoms in total. The Bertz CT molecular complexity index is 809. The molecule has 1 atom stereocenters. The number of hydrogen-bond donors (Lipinski definition) is 2. The smallest absolute Gasteiger partial charge is 0.258 e. The Morgan fingerprint density at radius 1 is 1.31 bits per heavy atom. The number of nitrogens with zero attached hydrogens (tertiary/aromatic N) is 2. The molecule has 2 amide bonds. The van der Waals surface area contributed by atoms with Gasteiger partial charge in [0.25, 0.3) is 5.91 Å². The van der Waals surface area contributed by atoms with Crippen molar-refractivity contribution in [2.45, 2.75) is 25.4 Å². The van der Waals surface area contributed by atoms with Crippen LogP contribution in [0.25, 0.3) is 0 Å². The van der Waals surface area contributed by atoms with Crippen molar-refractivity contribution in [1.82, 2.24) is 15.2 Å². The largest absolute Gasteiger partial charge is 0.507 e. The molecule has 26 heavy (non-hydrogen) atoms. The van der Waals surface area contributed by atoms with Crippen molar-refractivity contribution >= 4 is 11.8 Å². The second-order valence-electron chi connectivity index (χ2n) is 6.06. The van der Waals surface area contributed by atoms with Crippen LogP contribution < -0.4 is 10.1 Å². The zero-order valence-corrected chi connectivity index (χ0v) is 14.5. The second kappa shape index (κ2) is 7.86. The van der Waals surface area contributed by atoms with Crippen molar-refractivity contribution in [2.24, 2.45) is 0 Å². The highest BCUT2D eigenvalue weighted by Crippen LogP contribution is 2.24. The van der Waals surface area contributed by atoms with Crippen molar-refractivity contribution in [3.8, 4) is 11.6 Å². The molecule has 136 valence electrons. The highest BCUT2D eigenvalue weighted by molar-refractivity contribution is 5.99. The Hall–Kier alpha value is -3.09. The highest BCUT2D eigenvalue weighted by Gasteiger charge is 2.35. The molecule has 2 N–H and O–H groups in total. The first-order valence-corrected chi connectivity index (χ1v) is 8.46. The average molecular weight is 355 g/mol. The van der Waals surface area contributed by atoms with E-state index in [2.05, 4.69) is 10.3 Å². The summed E-state index contributed by atoms with van der Waals surface area (Å²) in [5, 5.41) is 12.8. The van der Waals surface area contributed by atoms with Gasteiger partial charge in [0.15, 0.2) is 0 Å². The van der Waals surface area contributed by atoms with Gasteiger partial charge in [-0.15, -0.1) is 0 Å². The van der Waals surface area contributed by atoms with Crippen LogP contribution in [0, 0.1) is 0 Å².